The SMILES string of the molecule is N#Cc1ccccc1-c1ccc2c(c1)c1cc(-c3ccccc3C#N)ccc1n2-c1cccc(-c2cc(-c3cc(-c4ccccc4)nc(-c4ccccc4)n3)ccc2-n2c3ccc(-c4ccccc4C#N)cc3c3cc(-c4ccccc4C#N)ccc32)c1. The summed E-state index contributed by atoms with van der Waals surface area (Å²) in [5, 5.41) is 45.2. The zero-order valence-corrected chi connectivity index (χ0v) is 47.1. The van der Waals surface area contributed by atoms with E-state index in [0.29, 0.717) is 28.1 Å². The van der Waals surface area contributed by atoms with Crippen LogP contribution in [0, 0.1) is 45.3 Å². The molecule has 0 aliphatic rings. The summed E-state index contributed by atoms with van der Waals surface area (Å²) < 4.78 is 4.64. The van der Waals surface area contributed by atoms with Crippen molar-refractivity contribution in [3.63, 3.8) is 0 Å². The molecule has 0 radical (unpaired) electrons. The van der Waals surface area contributed by atoms with Crippen LogP contribution >= 0.6 is 0 Å². The molecule has 3 heterocycles. The monoisotopic (exact) mass is 1120 g/mol. The van der Waals surface area contributed by atoms with Crippen LogP contribution in [0.3, 0.4) is 0 Å². The second-order valence-corrected chi connectivity index (χ2v) is 21.7. The van der Waals surface area contributed by atoms with Crippen LogP contribution in [0.1, 0.15) is 22.3 Å². The molecule has 12 aromatic carbocycles. The van der Waals surface area contributed by atoms with Crippen LogP contribution in [0.25, 0.3) is 145 Å². The van der Waals surface area contributed by atoms with Crippen LogP contribution < -0.4 is 0 Å². The van der Waals surface area contributed by atoms with E-state index < -0.39 is 0 Å². The van der Waals surface area contributed by atoms with E-state index in [9.17, 15) is 21.0 Å². The fraction of sp³-hybridized carbons (Fsp3) is 0. The van der Waals surface area contributed by atoms with Crippen molar-refractivity contribution in [2.24, 2.45) is 0 Å². The summed E-state index contributed by atoms with van der Waals surface area (Å²) in [6.07, 6.45) is 0. The van der Waals surface area contributed by atoms with Crippen molar-refractivity contribution in [2.75, 3.05) is 0 Å². The van der Waals surface area contributed by atoms with E-state index in [2.05, 4.69) is 167 Å². The Hall–Kier alpha value is -12.7. The molecule has 0 bridgehead atoms. The summed E-state index contributed by atoms with van der Waals surface area (Å²) in [6.45, 7) is 0. The van der Waals surface area contributed by atoms with Gasteiger partial charge in [-0.25, -0.2) is 9.97 Å². The molecule has 0 atom stereocenters. The third-order valence-corrected chi connectivity index (χ3v) is 16.7. The topological polar surface area (TPSA) is 131 Å². The number of rotatable bonds is 10. The summed E-state index contributed by atoms with van der Waals surface area (Å²) in [6, 6.07) is 104. The molecule has 0 unspecified atom stereocenters. The molecule has 0 amide bonds. The highest BCUT2D eigenvalue weighted by Gasteiger charge is 2.23. The molecule has 0 saturated carbocycles. The second-order valence-electron chi connectivity index (χ2n) is 21.7. The fourth-order valence-electron chi connectivity index (χ4n) is 12.6. The van der Waals surface area contributed by atoms with Crippen LogP contribution in [-0.4, -0.2) is 19.1 Å². The van der Waals surface area contributed by atoms with Crippen LogP contribution in [0.5, 0.6) is 0 Å². The lowest BCUT2D eigenvalue weighted by Gasteiger charge is -2.18. The Bertz CT molecular complexity index is 5220. The van der Waals surface area contributed by atoms with Gasteiger partial charge < -0.3 is 9.13 Å². The van der Waals surface area contributed by atoms with Gasteiger partial charge in [-0.3, -0.25) is 0 Å². The first kappa shape index (κ1) is 52.1. The highest BCUT2D eigenvalue weighted by molar-refractivity contribution is 6.14. The largest absolute Gasteiger partial charge is 0.309 e. The van der Waals surface area contributed by atoms with Gasteiger partial charge in [0.1, 0.15) is 0 Å². The van der Waals surface area contributed by atoms with Gasteiger partial charge in [-0.1, -0.05) is 176 Å². The van der Waals surface area contributed by atoms with Gasteiger partial charge in [0.05, 0.1) is 85.7 Å². The van der Waals surface area contributed by atoms with Crippen LogP contribution in [-0.2, 0) is 0 Å². The normalized spacial score (nSPS) is 11.1. The third kappa shape index (κ3) is 9.00. The maximum atomic E-state index is 10.3. The van der Waals surface area contributed by atoms with Crippen LogP contribution in [0.2, 0.25) is 0 Å². The number of benzene rings is 12. The van der Waals surface area contributed by atoms with E-state index >= 15 is 0 Å². The zero-order valence-electron chi connectivity index (χ0n) is 47.1. The van der Waals surface area contributed by atoms with Gasteiger partial charge in [-0.2, -0.15) is 21.0 Å². The Morgan fingerprint density at radius 3 is 1.03 bits per heavy atom. The van der Waals surface area contributed by atoms with E-state index in [1.807, 2.05) is 146 Å². The zero-order chi connectivity index (χ0) is 59.2. The summed E-state index contributed by atoms with van der Waals surface area (Å²) in [5.74, 6) is 0.611. The minimum absolute atomic E-state index is 0.584. The van der Waals surface area contributed by atoms with E-state index in [4.69, 9.17) is 9.97 Å². The van der Waals surface area contributed by atoms with Crippen molar-refractivity contribution in [2.45, 2.75) is 0 Å². The smallest absolute Gasteiger partial charge is 0.160 e. The number of hydrogen-bond acceptors (Lipinski definition) is 6. The Kier molecular flexibility index (Phi) is 12.9. The predicted molar refractivity (Wildman–Crippen MR) is 353 cm³/mol. The number of aromatic nitrogens is 4. The third-order valence-electron chi connectivity index (χ3n) is 16.7. The Morgan fingerprint density at radius 1 is 0.250 bits per heavy atom. The van der Waals surface area contributed by atoms with Crippen molar-refractivity contribution in [1.82, 2.24) is 19.1 Å². The van der Waals surface area contributed by atoms with Gasteiger partial charge in [0.25, 0.3) is 0 Å². The molecule has 406 valence electrons. The molecular formula is C80H46N8. The molecule has 8 nitrogen and oxygen atoms in total. The number of nitriles is 4. The van der Waals surface area contributed by atoms with Gasteiger partial charge >= 0.3 is 0 Å². The Morgan fingerprint density at radius 2 is 0.602 bits per heavy atom. The van der Waals surface area contributed by atoms with Crippen LogP contribution in [0.4, 0.5) is 0 Å². The van der Waals surface area contributed by atoms with E-state index in [0.717, 1.165) is 139 Å². The highest BCUT2D eigenvalue weighted by Crippen LogP contribution is 2.44. The molecule has 0 spiro atoms. The summed E-state index contributed by atoms with van der Waals surface area (Å²) in [4.78, 5) is 10.5. The van der Waals surface area contributed by atoms with Gasteiger partial charge in [0.2, 0.25) is 0 Å². The first-order valence-corrected chi connectivity index (χ1v) is 28.9. The number of fused-ring (bicyclic) bond motifs is 6. The van der Waals surface area contributed by atoms with E-state index in [-0.39, 0.29) is 0 Å². The first-order valence-electron chi connectivity index (χ1n) is 28.9. The molecular weight excluding hydrogens is 1070 g/mol. The second kappa shape index (κ2) is 21.8. The lowest BCUT2D eigenvalue weighted by Crippen LogP contribution is -2.00. The highest BCUT2D eigenvalue weighted by atomic mass is 15.0. The summed E-state index contributed by atoms with van der Waals surface area (Å²) >= 11 is 0. The first-order chi connectivity index (χ1) is 43.4. The van der Waals surface area contributed by atoms with Crippen molar-refractivity contribution in [3.05, 3.63) is 301 Å². The average Bonchev–Trinajstić information content (AvgIpc) is 1.64. The van der Waals surface area contributed by atoms with Crippen molar-refractivity contribution >= 4 is 43.6 Å². The minimum Gasteiger partial charge on any atom is -0.309 e. The van der Waals surface area contributed by atoms with Gasteiger partial charge in [-0.15, -0.1) is 0 Å². The van der Waals surface area contributed by atoms with Gasteiger partial charge in [0.15, 0.2) is 5.82 Å². The molecule has 15 rings (SSSR count). The van der Waals surface area contributed by atoms with Gasteiger partial charge in [-0.05, 0) is 153 Å². The standard InChI is InChI=1S/C80H46N8/c81-47-59-20-7-11-26-64(59)54-30-35-76-69(41-54)70-42-55(65-27-12-8-21-60(65)48-82)31-36-77(70)87(76)63-25-15-24-53(40-63)68-45-58(74-46-73(51-16-3-1-4-17-51)85-80(86-74)52-18-5-2-6-19-52)34-39-75(68)88-78-37-32-56(66-28-13-9-22-61(66)49-83)43-71(78)72-44-57(33-38-79(72)88)67-29-14-10-23-62(67)50-84/h1-46H. The van der Waals surface area contributed by atoms with Gasteiger partial charge in [0, 0.05) is 49.5 Å². The molecule has 8 heteroatoms. The number of nitrogens with zero attached hydrogens (tertiary/aromatic N) is 8. The summed E-state index contributed by atoms with van der Waals surface area (Å²) in [5.41, 5.74) is 21.3. The van der Waals surface area contributed by atoms with E-state index in [1.54, 1.807) is 0 Å². The summed E-state index contributed by atoms with van der Waals surface area (Å²) in [7, 11) is 0. The molecule has 0 fully saturated rings. The molecule has 0 aliphatic heterocycles. The Labute approximate surface area is 507 Å². The average molecular weight is 1120 g/mol. The maximum Gasteiger partial charge on any atom is 0.160 e. The minimum atomic E-state index is 0.584. The molecule has 0 N–H and O–H groups in total. The molecule has 3 aromatic heterocycles. The molecule has 15 aromatic rings. The Balaban J connectivity index is 0.995. The molecule has 88 heavy (non-hydrogen) atoms. The fourth-order valence-corrected chi connectivity index (χ4v) is 12.6. The van der Waals surface area contributed by atoms with Crippen molar-refractivity contribution < 1.29 is 0 Å². The van der Waals surface area contributed by atoms with Crippen molar-refractivity contribution in [3.8, 4) is 125 Å². The lowest BCUT2D eigenvalue weighted by molar-refractivity contribution is 1.16. The lowest BCUT2D eigenvalue weighted by atomic mass is 9.96. The molecule has 0 aliphatic carbocycles. The molecule has 0 saturated heterocycles. The van der Waals surface area contributed by atoms with E-state index in [1.165, 1.54) is 0 Å². The maximum absolute atomic E-state index is 10.3. The quantitative estimate of drug-likeness (QED) is 0.134. The number of hydrogen-bond donors (Lipinski definition) is 0. The predicted octanol–water partition coefficient (Wildman–Crippen LogP) is 19.5. The van der Waals surface area contributed by atoms with Crippen LogP contribution in [0.15, 0.2) is 279 Å². The van der Waals surface area contributed by atoms with Crippen molar-refractivity contribution in [1.29, 1.82) is 21.0 Å².